The summed E-state index contributed by atoms with van der Waals surface area (Å²) in [5.41, 5.74) is 2.23. The van der Waals surface area contributed by atoms with Crippen LogP contribution in [0.2, 0.25) is 0 Å². The van der Waals surface area contributed by atoms with Gasteiger partial charge in [0, 0.05) is 30.6 Å². The highest BCUT2D eigenvalue weighted by atomic mass is 32.2. The Morgan fingerprint density at radius 3 is 2.62 bits per heavy atom. The second-order valence-electron chi connectivity index (χ2n) is 5.83. The maximum absolute atomic E-state index is 12.9. The van der Waals surface area contributed by atoms with Crippen LogP contribution in [0, 0.1) is 5.82 Å². The molecular weight excluding hydrogens is 323 g/mol. The molecule has 0 radical (unpaired) electrons. The van der Waals surface area contributed by atoms with Crippen molar-refractivity contribution in [1.82, 2.24) is 10.2 Å². The summed E-state index contributed by atoms with van der Waals surface area (Å²) in [5.74, 6) is 0.672. The molecule has 5 heteroatoms. The Kier molecular flexibility index (Phi) is 5.75. The highest BCUT2D eigenvalue weighted by Crippen LogP contribution is 2.34. The fourth-order valence-corrected chi connectivity index (χ4v) is 4.03. The number of hydrogen-bond donors (Lipinski definition) is 1. The highest BCUT2D eigenvalue weighted by molar-refractivity contribution is 7.99. The number of carbonyl (C=O) groups excluding carboxylic acids is 1. The average molecular weight is 344 g/mol. The summed E-state index contributed by atoms with van der Waals surface area (Å²) < 4.78 is 12.9. The van der Waals surface area contributed by atoms with Gasteiger partial charge in [0.2, 0.25) is 0 Å². The number of hydrogen-bond acceptors (Lipinski definition) is 2. The van der Waals surface area contributed by atoms with Crippen molar-refractivity contribution in [3.8, 4) is 0 Å². The number of rotatable bonds is 3. The summed E-state index contributed by atoms with van der Waals surface area (Å²) in [6, 6.07) is 16.6. The predicted molar refractivity (Wildman–Crippen MR) is 96.5 cm³/mol. The molecule has 1 saturated heterocycles. The molecule has 0 aliphatic carbocycles. The Balaban J connectivity index is 1.52. The number of urea groups is 1. The SMILES string of the molecule is O=C(NCc1ccc(F)cc1)N1CCSC(c2ccccc2)CC1. The van der Waals surface area contributed by atoms with Gasteiger partial charge in [-0.05, 0) is 29.7 Å². The summed E-state index contributed by atoms with van der Waals surface area (Å²) in [5, 5.41) is 3.37. The number of halogens is 1. The first-order chi connectivity index (χ1) is 11.7. The molecule has 1 atom stereocenters. The van der Waals surface area contributed by atoms with E-state index < -0.39 is 0 Å². The van der Waals surface area contributed by atoms with Crippen molar-refractivity contribution in [3.63, 3.8) is 0 Å². The van der Waals surface area contributed by atoms with Gasteiger partial charge < -0.3 is 10.2 Å². The summed E-state index contributed by atoms with van der Waals surface area (Å²) in [4.78, 5) is 14.2. The van der Waals surface area contributed by atoms with E-state index in [4.69, 9.17) is 0 Å². The van der Waals surface area contributed by atoms with E-state index in [0.29, 0.717) is 11.8 Å². The molecule has 3 nitrogen and oxygen atoms in total. The predicted octanol–water partition coefficient (Wildman–Crippen LogP) is 4.22. The van der Waals surface area contributed by atoms with Gasteiger partial charge in [0.05, 0.1) is 0 Å². The fourth-order valence-electron chi connectivity index (χ4n) is 2.80. The summed E-state index contributed by atoms with van der Waals surface area (Å²) in [7, 11) is 0. The van der Waals surface area contributed by atoms with Gasteiger partial charge in [-0.2, -0.15) is 11.8 Å². The number of benzene rings is 2. The highest BCUT2D eigenvalue weighted by Gasteiger charge is 2.21. The number of nitrogens with one attached hydrogen (secondary N) is 1. The standard InChI is InChI=1S/C19H21FN2OS/c20-17-8-6-15(7-9-17)14-21-19(23)22-11-10-18(24-13-12-22)16-4-2-1-3-5-16/h1-9,18H,10-14H2,(H,21,23). The molecule has 3 rings (SSSR count). The van der Waals surface area contributed by atoms with E-state index in [2.05, 4.69) is 29.6 Å². The van der Waals surface area contributed by atoms with Crippen molar-refractivity contribution in [1.29, 1.82) is 0 Å². The van der Waals surface area contributed by atoms with Crippen LogP contribution in [0.15, 0.2) is 54.6 Å². The maximum atomic E-state index is 12.9. The zero-order valence-electron chi connectivity index (χ0n) is 13.5. The molecule has 126 valence electrons. The Morgan fingerprint density at radius 2 is 1.88 bits per heavy atom. The third-order valence-electron chi connectivity index (χ3n) is 4.16. The van der Waals surface area contributed by atoms with Crippen LogP contribution in [0.3, 0.4) is 0 Å². The van der Waals surface area contributed by atoms with Crippen LogP contribution in [-0.4, -0.2) is 29.8 Å². The van der Waals surface area contributed by atoms with E-state index in [-0.39, 0.29) is 11.8 Å². The van der Waals surface area contributed by atoms with Crippen LogP contribution in [-0.2, 0) is 6.54 Å². The summed E-state index contributed by atoms with van der Waals surface area (Å²) >= 11 is 1.91. The van der Waals surface area contributed by atoms with E-state index in [1.807, 2.05) is 22.7 Å². The van der Waals surface area contributed by atoms with Crippen LogP contribution < -0.4 is 5.32 Å². The molecule has 0 aromatic heterocycles. The third-order valence-corrected chi connectivity index (χ3v) is 5.49. The molecule has 0 spiro atoms. The van der Waals surface area contributed by atoms with E-state index >= 15 is 0 Å². The lowest BCUT2D eigenvalue weighted by molar-refractivity contribution is 0.200. The average Bonchev–Trinajstić information content (AvgIpc) is 2.88. The summed E-state index contributed by atoms with van der Waals surface area (Å²) in [6.07, 6.45) is 0.957. The van der Waals surface area contributed by atoms with Crippen LogP contribution in [0.4, 0.5) is 9.18 Å². The maximum Gasteiger partial charge on any atom is 0.317 e. The van der Waals surface area contributed by atoms with Crippen LogP contribution in [0.1, 0.15) is 22.8 Å². The van der Waals surface area contributed by atoms with Gasteiger partial charge in [-0.1, -0.05) is 42.5 Å². The van der Waals surface area contributed by atoms with Gasteiger partial charge in [0.1, 0.15) is 5.82 Å². The minimum atomic E-state index is -0.262. The smallest absolute Gasteiger partial charge is 0.317 e. The molecule has 1 heterocycles. The van der Waals surface area contributed by atoms with Gasteiger partial charge in [0.25, 0.3) is 0 Å². The van der Waals surface area contributed by atoms with Crippen molar-refractivity contribution in [2.45, 2.75) is 18.2 Å². The molecular formula is C19H21FN2OS. The lowest BCUT2D eigenvalue weighted by atomic mass is 10.1. The Bertz CT molecular complexity index is 663. The first-order valence-corrected chi connectivity index (χ1v) is 9.21. The van der Waals surface area contributed by atoms with E-state index in [1.54, 1.807) is 12.1 Å². The fraction of sp³-hybridized carbons (Fsp3) is 0.316. The second-order valence-corrected chi connectivity index (χ2v) is 7.14. The number of thioether (sulfide) groups is 1. The quantitative estimate of drug-likeness (QED) is 0.904. The van der Waals surface area contributed by atoms with Crippen LogP contribution in [0.5, 0.6) is 0 Å². The Morgan fingerprint density at radius 1 is 1.12 bits per heavy atom. The molecule has 1 aliphatic rings. The minimum absolute atomic E-state index is 0.0476. The number of amides is 2. The second kappa shape index (κ2) is 8.20. The van der Waals surface area contributed by atoms with Crippen molar-refractivity contribution in [3.05, 3.63) is 71.5 Å². The Hall–Kier alpha value is -2.01. The van der Waals surface area contributed by atoms with Gasteiger partial charge in [-0.25, -0.2) is 9.18 Å². The lowest BCUT2D eigenvalue weighted by Gasteiger charge is -2.21. The van der Waals surface area contributed by atoms with Gasteiger partial charge >= 0.3 is 6.03 Å². The molecule has 24 heavy (non-hydrogen) atoms. The van der Waals surface area contributed by atoms with E-state index in [9.17, 15) is 9.18 Å². The van der Waals surface area contributed by atoms with Gasteiger partial charge in [-0.3, -0.25) is 0 Å². The van der Waals surface area contributed by atoms with Crippen LogP contribution in [0.25, 0.3) is 0 Å². The summed E-state index contributed by atoms with van der Waals surface area (Å²) in [6.45, 7) is 1.93. The molecule has 1 unspecified atom stereocenters. The lowest BCUT2D eigenvalue weighted by Crippen LogP contribution is -2.40. The molecule has 0 bridgehead atoms. The number of carbonyl (C=O) groups is 1. The molecule has 1 N–H and O–H groups in total. The molecule has 0 saturated carbocycles. The minimum Gasteiger partial charge on any atom is -0.334 e. The zero-order valence-corrected chi connectivity index (χ0v) is 14.3. The molecule has 2 amide bonds. The topological polar surface area (TPSA) is 32.3 Å². The van der Waals surface area contributed by atoms with E-state index in [0.717, 1.165) is 30.8 Å². The number of nitrogens with zero attached hydrogens (tertiary/aromatic N) is 1. The van der Waals surface area contributed by atoms with Crippen molar-refractivity contribution in [2.75, 3.05) is 18.8 Å². The van der Waals surface area contributed by atoms with Crippen molar-refractivity contribution < 1.29 is 9.18 Å². The van der Waals surface area contributed by atoms with Gasteiger partial charge in [0.15, 0.2) is 0 Å². The van der Waals surface area contributed by atoms with E-state index in [1.165, 1.54) is 17.7 Å². The van der Waals surface area contributed by atoms with Crippen molar-refractivity contribution >= 4 is 17.8 Å². The first-order valence-electron chi connectivity index (χ1n) is 8.16. The first kappa shape index (κ1) is 16.8. The largest absolute Gasteiger partial charge is 0.334 e. The van der Waals surface area contributed by atoms with Crippen molar-refractivity contribution in [2.24, 2.45) is 0 Å². The molecule has 1 aliphatic heterocycles. The molecule has 1 fully saturated rings. The van der Waals surface area contributed by atoms with Crippen LogP contribution >= 0.6 is 11.8 Å². The normalized spacial score (nSPS) is 18.0. The Labute approximate surface area is 146 Å². The van der Waals surface area contributed by atoms with Gasteiger partial charge in [-0.15, -0.1) is 0 Å². The monoisotopic (exact) mass is 344 g/mol. The third kappa shape index (κ3) is 4.51. The molecule has 2 aromatic rings. The molecule has 2 aromatic carbocycles. The zero-order chi connectivity index (χ0) is 16.8.